The molecule has 3 rings (SSSR count). The zero-order valence-electron chi connectivity index (χ0n) is 9.02. The van der Waals surface area contributed by atoms with E-state index in [0.29, 0.717) is 12.2 Å². The van der Waals surface area contributed by atoms with Crippen LogP contribution >= 0.6 is 15.9 Å². The van der Waals surface area contributed by atoms with Crippen molar-refractivity contribution < 1.29 is 5.11 Å². The summed E-state index contributed by atoms with van der Waals surface area (Å²) in [5.41, 5.74) is 0.727. The van der Waals surface area contributed by atoms with Crippen LogP contribution in [0.2, 0.25) is 0 Å². The molecule has 1 aliphatic carbocycles. The molecule has 1 aromatic carbocycles. The molecule has 0 spiro atoms. The van der Waals surface area contributed by atoms with Crippen molar-refractivity contribution in [3.63, 3.8) is 0 Å². The number of hydrogen-bond acceptors (Lipinski definition) is 2. The maximum atomic E-state index is 10.7. The van der Waals surface area contributed by atoms with Crippen molar-refractivity contribution in [2.75, 3.05) is 0 Å². The molecule has 1 atom stereocenters. The summed E-state index contributed by atoms with van der Waals surface area (Å²) in [5, 5.41) is 10.7. The smallest absolute Gasteiger partial charge is 0.157 e. The van der Waals surface area contributed by atoms with Gasteiger partial charge in [0.25, 0.3) is 0 Å². The number of H-pyrrole nitrogens is 1. The van der Waals surface area contributed by atoms with Crippen LogP contribution in [0.4, 0.5) is 0 Å². The summed E-state index contributed by atoms with van der Waals surface area (Å²) in [7, 11) is 0. The van der Waals surface area contributed by atoms with Crippen LogP contribution in [0.1, 0.15) is 12.2 Å². The fourth-order valence-electron chi connectivity index (χ4n) is 1.98. The van der Waals surface area contributed by atoms with E-state index in [1.165, 1.54) is 0 Å². The second-order valence-corrected chi connectivity index (χ2v) is 4.96. The van der Waals surface area contributed by atoms with Crippen molar-refractivity contribution >= 4 is 27.0 Å². The number of fused-ring (bicyclic) bond motifs is 1. The standard InChI is InChI=1S/C13H11BrN2O/c14-11-7-3-4-8-13(11,17)12-15-9-5-1-2-6-10(9)16-12/h1-7,17H,8H2,(H,15,16). The van der Waals surface area contributed by atoms with E-state index in [1.807, 2.05) is 42.5 Å². The van der Waals surface area contributed by atoms with Gasteiger partial charge in [-0.2, -0.15) is 0 Å². The second kappa shape index (κ2) is 3.82. The first-order valence-corrected chi connectivity index (χ1v) is 6.20. The van der Waals surface area contributed by atoms with Gasteiger partial charge in [0.2, 0.25) is 0 Å². The number of rotatable bonds is 1. The molecular formula is C13H11BrN2O. The number of hydrogen-bond donors (Lipinski definition) is 2. The van der Waals surface area contributed by atoms with Crippen LogP contribution in [0.25, 0.3) is 11.0 Å². The Bertz CT molecular complexity index is 596. The van der Waals surface area contributed by atoms with Crippen LogP contribution in [-0.4, -0.2) is 15.1 Å². The van der Waals surface area contributed by atoms with Crippen LogP contribution in [0.5, 0.6) is 0 Å². The summed E-state index contributed by atoms with van der Waals surface area (Å²) in [5.74, 6) is 0.575. The molecule has 0 aliphatic heterocycles. The molecule has 0 radical (unpaired) electrons. The molecule has 1 heterocycles. The minimum atomic E-state index is -1.08. The summed E-state index contributed by atoms with van der Waals surface area (Å²) in [6, 6.07) is 7.75. The van der Waals surface area contributed by atoms with Crippen molar-refractivity contribution in [2.45, 2.75) is 12.0 Å². The van der Waals surface area contributed by atoms with Gasteiger partial charge in [-0.1, -0.05) is 40.2 Å². The van der Waals surface area contributed by atoms with Gasteiger partial charge in [0.1, 0.15) is 5.82 Å². The lowest BCUT2D eigenvalue weighted by Gasteiger charge is -2.26. The third-order valence-electron chi connectivity index (χ3n) is 2.97. The largest absolute Gasteiger partial charge is 0.376 e. The molecule has 0 saturated carbocycles. The number of para-hydroxylation sites is 2. The monoisotopic (exact) mass is 290 g/mol. The number of nitrogens with one attached hydrogen (secondary N) is 1. The highest BCUT2D eigenvalue weighted by molar-refractivity contribution is 9.11. The van der Waals surface area contributed by atoms with Crippen molar-refractivity contribution in [3.8, 4) is 0 Å². The Morgan fingerprint density at radius 1 is 1.35 bits per heavy atom. The average molecular weight is 291 g/mol. The molecule has 0 fully saturated rings. The Morgan fingerprint density at radius 3 is 2.94 bits per heavy atom. The van der Waals surface area contributed by atoms with Gasteiger partial charge in [-0.05, 0) is 18.2 Å². The number of aromatic nitrogens is 2. The van der Waals surface area contributed by atoms with Crippen LogP contribution in [0.15, 0.2) is 47.0 Å². The van der Waals surface area contributed by atoms with Gasteiger partial charge >= 0.3 is 0 Å². The molecule has 1 aromatic heterocycles. The van der Waals surface area contributed by atoms with Gasteiger partial charge in [-0.15, -0.1) is 0 Å². The van der Waals surface area contributed by atoms with Crippen LogP contribution in [0, 0.1) is 0 Å². The van der Waals surface area contributed by atoms with Gasteiger partial charge in [0.05, 0.1) is 11.0 Å². The highest BCUT2D eigenvalue weighted by Gasteiger charge is 2.35. The molecule has 0 amide bonds. The SMILES string of the molecule is OC1(c2nc3ccccc3[nH]2)CC=CC=C1Br. The van der Waals surface area contributed by atoms with Gasteiger partial charge < -0.3 is 10.1 Å². The molecule has 17 heavy (non-hydrogen) atoms. The number of imidazole rings is 1. The molecule has 1 aliphatic rings. The van der Waals surface area contributed by atoms with E-state index < -0.39 is 5.60 Å². The number of aliphatic hydroxyl groups is 1. The van der Waals surface area contributed by atoms with Crippen LogP contribution < -0.4 is 0 Å². The molecule has 86 valence electrons. The summed E-state index contributed by atoms with van der Waals surface area (Å²) >= 11 is 3.40. The Morgan fingerprint density at radius 2 is 2.18 bits per heavy atom. The lowest BCUT2D eigenvalue weighted by molar-refractivity contribution is 0.0797. The number of benzene rings is 1. The van der Waals surface area contributed by atoms with E-state index in [9.17, 15) is 5.11 Å². The fourth-order valence-corrected chi connectivity index (χ4v) is 2.49. The predicted molar refractivity (Wildman–Crippen MR) is 70.8 cm³/mol. The molecule has 3 nitrogen and oxygen atoms in total. The van der Waals surface area contributed by atoms with Gasteiger partial charge in [-0.3, -0.25) is 0 Å². The topological polar surface area (TPSA) is 48.9 Å². The molecule has 0 saturated heterocycles. The first kappa shape index (κ1) is 10.7. The number of nitrogens with zero attached hydrogens (tertiary/aromatic N) is 1. The van der Waals surface area contributed by atoms with Gasteiger partial charge in [0, 0.05) is 10.9 Å². The Kier molecular flexibility index (Phi) is 2.42. The van der Waals surface area contributed by atoms with Crippen molar-refractivity contribution in [1.29, 1.82) is 0 Å². The summed E-state index contributed by atoms with van der Waals surface area (Å²) < 4.78 is 0.728. The normalized spacial score (nSPS) is 24.0. The Hall–Kier alpha value is -1.39. The third kappa shape index (κ3) is 1.64. The lowest BCUT2D eigenvalue weighted by atomic mass is 9.94. The Labute approximate surface area is 107 Å². The maximum absolute atomic E-state index is 10.7. The minimum Gasteiger partial charge on any atom is -0.376 e. The molecule has 0 bridgehead atoms. The van der Waals surface area contributed by atoms with Gasteiger partial charge in [0.15, 0.2) is 5.60 Å². The highest BCUT2D eigenvalue weighted by Crippen LogP contribution is 2.38. The zero-order valence-corrected chi connectivity index (χ0v) is 10.6. The average Bonchev–Trinajstić information content (AvgIpc) is 2.77. The number of aromatic amines is 1. The number of allylic oxidation sites excluding steroid dienone is 2. The van der Waals surface area contributed by atoms with Crippen molar-refractivity contribution in [3.05, 3.63) is 52.8 Å². The third-order valence-corrected chi connectivity index (χ3v) is 3.89. The van der Waals surface area contributed by atoms with Gasteiger partial charge in [-0.25, -0.2) is 4.98 Å². The first-order chi connectivity index (χ1) is 8.20. The zero-order chi connectivity index (χ0) is 11.9. The summed E-state index contributed by atoms with van der Waals surface area (Å²) in [6.07, 6.45) is 6.21. The van der Waals surface area contributed by atoms with E-state index in [1.54, 1.807) is 0 Å². The molecule has 2 N–H and O–H groups in total. The quantitative estimate of drug-likeness (QED) is 0.848. The van der Waals surface area contributed by atoms with Crippen molar-refractivity contribution in [2.24, 2.45) is 0 Å². The van der Waals surface area contributed by atoms with Crippen LogP contribution in [0.3, 0.4) is 0 Å². The molecule has 4 heteroatoms. The van der Waals surface area contributed by atoms with E-state index >= 15 is 0 Å². The first-order valence-electron chi connectivity index (χ1n) is 5.40. The predicted octanol–water partition coefficient (Wildman–Crippen LogP) is 2.99. The molecule has 2 aromatic rings. The van der Waals surface area contributed by atoms with E-state index in [4.69, 9.17) is 0 Å². The minimum absolute atomic E-state index is 0.518. The van der Waals surface area contributed by atoms with E-state index in [0.717, 1.165) is 15.5 Å². The maximum Gasteiger partial charge on any atom is 0.157 e. The van der Waals surface area contributed by atoms with E-state index in [2.05, 4.69) is 25.9 Å². The lowest BCUT2D eigenvalue weighted by Crippen LogP contribution is -2.28. The second-order valence-electron chi connectivity index (χ2n) is 4.11. The summed E-state index contributed by atoms with van der Waals surface area (Å²) in [6.45, 7) is 0. The van der Waals surface area contributed by atoms with E-state index in [-0.39, 0.29) is 0 Å². The fraction of sp³-hybridized carbons (Fsp3) is 0.154. The van der Waals surface area contributed by atoms with Crippen molar-refractivity contribution in [1.82, 2.24) is 9.97 Å². The van der Waals surface area contributed by atoms with Crippen LogP contribution in [-0.2, 0) is 5.60 Å². The Balaban J connectivity index is 2.15. The molecule has 1 unspecified atom stereocenters. The number of halogens is 1. The highest BCUT2D eigenvalue weighted by atomic mass is 79.9. The summed E-state index contributed by atoms with van der Waals surface area (Å²) in [4.78, 5) is 7.62. The molecular weight excluding hydrogens is 280 g/mol.